The van der Waals surface area contributed by atoms with Crippen molar-refractivity contribution in [1.29, 1.82) is 0 Å². The Labute approximate surface area is 179 Å². The first-order valence-electron chi connectivity index (χ1n) is 8.31. The molecule has 2 aromatic carbocycles. The van der Waals surface area contributed by atoms with Crippen molar-refractivity contribution in [3.8, 4) is 0 Å². The quantitative estimate of drug-likeness (QED) is 0.578. The minimum Gasteiger partial charge on any atom is -0.282 e. The van der Waals surface area contributed by atoms with Gasteiger partial charge in [-0.3, -0.25) is 19.2 Å². The number of nitrogens with zero attached hydrogens (tertiary/aromatic N) is 1. The summed E-state index contributed by atoms with van der Waals surface area (Å²) in [5.41, 5.74) is 4.83. The number of amides is 2. The van der Waals surface area contributed by atoms with Crippen LogP contribution >= 0.6 is 40.0 Å². The lowest BCUT2D eigenvalue weighted by Gasteiger charge is -2.38. The number of benzene rings is 2. The summed E-state index contributed by atoms with van der Waals surface area (Å²) in [6.45, 7) is 0. The van der Waals surface area contributed by atoms with Gasteiger partial charge in [-0.2, -0.15) is 4.13 Å². The molecule has 8 heteroatoms. The van der Waals surface area contributed by atoms with Crippen LogP contribution in [0.5, 0.6) is 0 Å². The van der Waals surface area contributed by atoms with E-state index in [1.807, 2.05) is 28.6 Å². The molecular formula is C20H14BrN3O2S2. The largest absolute Gasteiger partial charge is 0.301 e. The maximum absolute atomic E-state index is 12.1. The predicted molar refractivity (Wildman–Crippen MR) is 118 cm³/mol. The molecule has 2 heterocycles. The maximum Gasteiger partial charge on any atom is 0.301 e. The van der Waals surface area contributed by atoms with Crippen LogP contribution in [0.15, 0.2) is 88.7 Å². The van der Waals surface area contributed by atoms with Crippen molar-refractivity contribution in [3.05, 3.63) is 99.8 Å². The normalized spacial score (nSPS) is 14.5. The smallest absolute Gasteiger partial charge is 0.282 e. The van der Waals surface area contributed by atoms with E-state index >= 15 is 0 Å². The Balaban J connectivity index is 1.27. The Hall–Kier alpha value is -2.26. The van der Waals surface area contributed by atoms with Gasteiger partial charge in [-0.05, 0) is 42.0 Å². The second kappa shape index (κ2) is 8.40. The lowest BCUT2D eigenvalue weighted by molar-refractivity contribution is 0.0969. The molecule has 0 fully saturated rings. The van der Waals surface area contributed by atoms with Gasteiger partial charge in [-0.15, -0.1) is 0 Å². The maximum atomic E-state index is 12.1. The van der Waals surface area contributed by atoms with Crippen LogP contribution in [0, 0.1) is 0 Å². The van der Waals surface area contributed by atoms with Crippen molar-refractivity contribution in [2.45, 2.75) is 0 Å². The second-order valence-corrected chi connectivity index (χ2v) is 8.59. The summed E-state index contributed by atoms with van der Waals surface area (Å²) in [6, 6.07) is 16.9. The zero-order valence-electron chi connectivity index (χ0n) is 14.4. The molecule has 2 aliphatic rings. The summed E-state index contributed by atoms with van der Waals surface area (Å²) in [5, 5.41) is 1.88. The molecule has 140 valence electrons. The minimum atomic E-state index is -0.465. The Kier molecular flexibility index (Phi) is 5.72. The standard InChI is InChI=1S/C20H14BrN3O2S2/c21-15-8-6-14(7-9-15)19(25)22-20(26)27-23-28-24-16-10-11-17(18(24)12-16)13-4-2-1-3-5-13/h1-12,23H,(H,22,25,26). The molecule has 28 heavy (non-hydrogen) atoms. The topological polar surface area (TPSA) is 61.4 Å². The lowest BCUT2D eigenvalue weighted by Crippen LogP contribution is -2.31. The number of fused-ring (bicyclic) bond motifs is 2. The van der Waals surface area contributed by atoms with Gasteiger partial charge in [-0.25, -0.2) is 0 Å². The van der Waals surface area contributed by atoms with Gasteiger partial charge in [0.2, 0.25) is 0 Å². The van der Waals surface area contributed by atoms with Gasteiger partial charge in [0.25, 0.3) is 5.91 Å². The van der Waals surface area contributed by atoms with Gasteiger partial charge in [0.05, 0.1) is 23.5 Å². The molecule has 2 aliphatic heterocycles. The van der Waals surface area contributed by atoms with Crippen LogP contribution in [-0.4, -0.2) is 15.5 Å². The minimum absolute atomic E-state index is 0.426. The number of halogens is 1. The highest BCUT2D eigenvalue weighted by Gasteiger charge is 2.30. The highest BCUT2D eigenvalue weighted by molar-refractivity contribution is 9.10. The van der Waals surface area contributed by atoms with Crippen molar-refractivity contribution >= 4 is 56.7 Å². The first kappa shape index (κ1) is 19.1. The van der Waals surface area contributed by atoms with Gasteiger partial charge < -0.3 is 0 Å². The molecule has 0 saturated heterocycles. The third-order valence-electron chi connectivity index (χ3n) is 4.10. The number of hydrogen-bond donors (Lipinski definition) is 2. The van der Waals surface area contributed by atoms with Crippen LogP contribution in [0.1, 0.15) is 15.9 Å². The van der Waals surface area contributed by atoms with Crippen LogP contribution in [0.4, 0.5) is 4.79 Å². The third-order valence-corrected chi connectivity index (χ3v) is 6.14. The molecule has 0 unspecified atom stereocenters. The monoisotopic (exact) mass is 471 g/mol. The van der Waals surface area contributed by atoms with E-state index in [0.29, 0.717) is 5.56 Å². The van der Waals surface area contributed by atoms with Gasteiger partial charge in [-0.1, -0.05) is 52.3 Å². The highest BCUT2D eigenvalue weighted by atomic mass is 79.9. The van der Waals surface area contributed by atoms with E-state index in [9.17, 15) is 9.59 Å². The number of rotatable bonds is 5. The Morgan fingerprint density at radius 2 is 1.71 bits per heavy atom. The first-order valence-corrected chi connectivity index (χ1v) is 10.7. The number of allylic oxidation sites excluding steroid dienone is 4. The number of imide groups is 1. The molecule has 0 spiro atoms. The SMILES string of the molecule is O=C(NC(=O)c1ccc(Br)cc1)SNSN1c2ccc(-c3ccccc3)c1c2. The molecule has 4 rings (SSSR count). The van der Waals surface area contributed by atoms with Crippen LogP contribution in [0.3, 0.4) is 0 Å². The average Bonchev–Trinajstić information content (AvgIpc) is 2.72. The Morgan fingerprint density at radius 1 is 0.964 bits per heavy atom. The van der Waals surface area contributed by atoms with E-state index in [-0.39, 0.29) is 0 Å². The summed E-state index contributed by atoms with van der Waals surface area (Å²) >= 11 is 5.44. The molecule has 0 aromatic heterocycles. The molecule has 2 amide bonds. The number of hydrogen-bond acceptors (Lipinski definition) is 6. The summed E-state index contributed by atoms with van der Waals surface area (Å²) < 4.78 is 5.82. The van der Waals surface area contributed by atoms with E-state index in [1.165, 1.54) is 12.1 Å². The van der Waals surface area contributed by atoms with Crippen LogP contribution in [0.25, 0.3) is 5.57 Å². The van der Waals surface area contributed by atoms with Gasteiger partial charge >= 0.3 is 5.24 Å². The lowest BCUT2D eigenvalue weighted by atomic mass is 9.94. The van der Waals surface area contributed by atoms with Crippen LogP contribution < -0.4 is 9.44 Å². The highest BCUT2D eigenvalue weighted by Crippen LogP contribution is 2.44. The van der Waals surface area contributed by atoms with Gasteiger partial charge in [0, 0.05) is 27.6 Å². The van der Waals surface area contributed by atoms with Crippen molar-refractivity contribution < 1.29 is 9.59 Å². The van der Waals surface area contributed by atoms with E-state index in [4.69, 9.17) is 0 Å². The summed E-state index contributed by atoms with van der Waals surface area (Å²) in [4.78, 5) is 24.1. The molecule has 0 saturated carbocycles. The Bertz CT molecular complexity index is 1010. The second-order valence-electron chi connectivity index (χ2n) is 5.89. The van der Waals surface area contributed by atoms with E-state index in [1.54, 1.807) is 24.3 Å². The molecule has 5 nitrogen and oxygen atoms in total. The molecule has 0 radical (unpaired) electrons. The molecule has 0 aliphatic carbocycles. The zero-order chi connectivity index (χ0) is 19.5. The molecule has 2 bridgehead atoms. The fourth-order valence-electron chi connectivity index (χ4n) is 2.74. The number of nitrogens with one attached hydrogen (secondary N) is 2. The van der Waals surface area contributed by atoms with E-state index in [2.05, 4.69) is 49.7 Å². The Morgan fingerprint density at radius 3 is 2.43 bits per heavy atom. The van der Waals surface area contributed by atoms with Gasteiger partial charge in [0.15, 0.2) is 0 Å². The molecule has 2 N–H and O–H groups in total. The third kappa shape index (κ3) is 4.10. The molecule has 2 aromatic rings. The zero-order valence-corrected chi connectivity index (χ0v) is 17.6. The van der Waals surface area contributed by atoms with Crippen LogP contribution in [0.2, 0.25) is 0 Å². The first-order chi connectivity index (χ1) is 13.6. The summed E-state index contributed by atoms with van der Waals surface area (Å²) in [6.07, 6.45) is 6.22. The van der Waals surface area contributed by atoms with Crippen molar-refractivity contribution in [2.75, 3.05) is 0 Å². The van der Waals surface area contributed by atoms with E-state index < -0.39 is 11.1 Å². The molecule has 0 atom stereocenters. The van der Waals surface area contributed by atoms with Crippen molar-refractivity contribution in [3.63, 3.8) is 0 Å². The summed E-state index contributed by atoms with van der Waals surface area (Å²) in [5.74, 6) is -0.433. The van der Waals surface area contributed by atoms with Crippen LogP contribution in [-0.2, 0) is 0 Å². The number of carbonyl (C=O) groups excluding carboxylic acids is 2. The molecular weight excluding hydrogens is 458 g/mol. The fourth-order valence-corrected chi connectivity index (χ4v) is 4.36. The average molecular weight is 472 g/mol. The summed E-state index contributed by atoms with van der Waals surface area (Å²) in [7, 11) is 0. The predicted octanol–water partition coefficient (Wildman–Crippen LogP) is 5.28. The van der Waals surface area contributed by atoms with E-state index in [0.717, 1.165) is 39.0 Å². The number of carbonyl (C=O) groups is 2. The van der Waals surface area contributed by atoms with Gasteiger partial charge in [0.1, 0.15) is 0 Å². The van der Waals surface area contributed by atoms with Crippen molar-refractivity contribution in [2.24, 2.45) is 0 Å². The van der Waals surface area contributed by atoms with Crippen molar-refractivity contribution in [1.82, 2.24) is 13.7 Å². The fraction of sp³-hybridized carbons (Fsp3) is 0.